The number of hydrogen-bond acceptors (Lipinski definition) is 6. The number of hydrogen-bond donors (Lipinski definition) is 2. The number of halogens is 1. The van der Waals surface area contributed by atoms with Crippen molar-refractivity contribution in [2.24, 2.45) is 0 Å². The highest BCUT2D eigenvalue weighted by atomic mass is 19.1. The molecule has 9 heteroatoms. The summed E-state index contributed by atoms with van der Waals surface area (Å²) in [7, 11) is 1.60. The number of methoxy groups -OCH3 is 1. The first-order valence-corrected chi connectivity index (χ1v) is 12.2. The van der Waals surface area contributed by atoms with Gasteiger partial charge in [-0.3, -0.25) is 14.3 Å². The first-order chi connectivity index (χ1) is 18.4. The van der Waals surface area contributed by atoms with Crippen molar-refractivity contribution in [2.75, 3.05) is 13.7 Å². The summed E-state index contributed by atoms with van der Waals surface area (Å²) in [6, 6.07) is 27.0. The molecule has 0 spiro atoms. The van der Waals surface area contributed by atoms with E-state index < -0.39 is 41.1 Å². The summed E-state index contributed by atoms with van der Waals surface area (Å²) in [4.78, 5) is 25.6. The fourth-order valence-corrected chi connectivity index (χ4v) is 4.84. The van der Waals surface area contributed by atoms with Gasteiger partial charge in [-0.25, -0.2) is 4.79 Å². The summed E-state index contributed by atoms with van der Waals surface area (Å²) in [6.45, 7) is -0.0475. The minimum Gasteiger partial charge on any atom is -0.497 e. The Morgan fingerprint density at radius 3 is 2.13 bits per heavy atom. The smallest absolute Gasteiger partial charge is 0.330 e. The van der Waals surface area contributed by atoms with Gasteiger partial charge in [-0.2, -0.15) is 4.39 Å². The van der Waals surface area contributed by atoms with Gasteiger partial charge in [-0.15, -0.1) is 0 Å². The zero-order chi connectivity index (χ0) is 26.7. The van der Waals surface area contributed by atoms with Crippen molar-refractivity contribution in [3.63, 3.8) is 0 Å². The molecule has 1 saturated heterocycles. The quantitative estimate of drug-likeness (QED) is 0.347. The van der Waals surface area contributed by atoms with Gasteiger partial charge < -0.3 is 19.3 Å². The van der Waals surface area contributed by atoms with Crippen LogP contribution in [0.4, 0.5) is 4.39 Å². The predicted octanol–water partition coefficient (Wildman–Crippen LogP) is 3.34. The Labute approximate surface area is 217 Å². The molecular weight excluding hydrogens is 491 g/mol. The monoisotopic (exact) mass is 518 g/mol. The van der Waals surface area contributed by atoms with Crippen molar-refractivity contribution in [3.05, 3.63) is 134 Å². The molecule has 1 fully saturated rings. The second-order valence-electron chi connectivity index (χ2n) is 9.03. The molecule has 1 aliphatic heterocycles. The highest BCUT2D eigenvalue weighted by molar-refractivity contribution is 5.48. The number of nitrogens with one attached hydrogen (secondary N) is 1. The van der Waals surface area contributed by atoms with E-state index in [4.69, 9.17) is 14.2 Å². The molecule has 2 N–H and O–H groups in total. The average molecular weight is 519 g/mol. The molecule has 5 rings (SSSR count). The van der Waals surface area contributed by atoms with Gasteiger partial charge in [0.1, 0.15) is 23.7 Å². The third-order valence-electron chi connectivity index (χ3n) is 6.76. The minimum atomic E-state index is -1.12. The van der Waals surface area contributed by atoms with Gasteiger partial charge >= 0.3 is 5.69 Å². The van der Waals surface area contributed by atoms with Crippen LogP contribution in [0.1, 0.15) is 29.3 Å². The van der Waals surface area contributed by atoms with Crippen LogP contribution in [0.2, 0.25) is 0 Å². The summed E-state index contributed by atoms with van der Waals surface area (Å²) in [5, 5.41) is 10.8. The number of ether oxygens (including phenoxy) is 3. The fourth-order valence-electron chi connectivity index (χ4n) is 4.84. The zero-order valence-electron chi connectivity index (χ0n) is 20.6. The van der Waals surface area contributed by atoms with Gasteiger partial charge in [0.25, 0.3) is 5.56 Å². The molecule has 3 aromatic carbocycles. The normalized spacial score (nSPS) is 19.4. The van der Waals surface area contributed by atoms with Crippen molar-refractivity contribution >= 4 is 0 Å². The lowest BCUT2D eigenvalue weighted by atomic mass is 9.80. The number of aliphatic hydroxyl groups excluding tert-OH is 1. The van der Waals surface area contributed by atoms with E-state index in [1.165, 1.54) is 0 Å². The van der Waals surface area contributed by atoms with E-state index in [2.05, 4.69) is 0 Å². The van der Waals surface area contributed by atoms with E-state index >= 15 is 0 Å². The molecule has 0 radical (unpaired) electrons. The van der Waals surface area contributed by atoms with E-state index in [0.29, 0.717) is 5.75 Å². The molecule has 3 atom stereocenters. The van der Waals surface area contributed by atoms with Gasteiger partial charge in [0.2, 0.25) is 5.82 Å². The van der Waals surface area contributed by atoms with E-state index in [0.717, 1.165) is 27.5 Å². The number of rotatable bonds is 8. The lowest BCUT2D eigenvalue weighted by molar-refractivity contribution is -0.0945. The molecule has 0 unspecified atom stereocenters. The molecule has 1 aliphatic rings. The van der Waals surface area contributed by atoms with Gasteiger partial charge in [0.05, 0.1) is 26.0 Å². The molecular formula is C29H27FN2O6. The van der Waals surface area contributed by atoms with Crippen molar-refractivity contribution in [2.45, 2.75) is 30.5 Å². The van der Waals surface area contributed by atoms with Crippen molar-refractivity contribution in [3.8, 4) is 5.75 Å². The van der Waals surface area contributed by atoms with Crippen LogP contribution < -0.4 is 16.0 Å². The van der Waals surface area contributed by atoms with Crippen LogP contribution >= 0.6 is 0 Å². The van der Waals surface area contributed by atoms with E-state index in [-0.39, 0.29) is 13.0 Å². The van der Waals surface area contributed by atoms with Crippen molar-refractivity contribution < 1.29 is 23.7 Å². The maximum atomic E-state index is 13.9. The average Bonchev–Trinajstić information content (AvgIpc) is 3.32. The summed E-state index contributed by atoms with van der Waals surface area (Å²) in [5.74, 6) is -0.422. The highest BCUT2D eigenvalue weighted by Crippen LogP contribution is 2.42. The van der Waals surface area contributed by atoms with Crippen LogP contribution in [0.15, 0.2) is 101 Å². The third kappa shape index (κ3) is 4.79. The van der Waals surface area contributed by atoms with Crippen LogP contribution in [0.25, 0.3) is 0 Å². The molecule has 0 amide bonds. The molecule has 8 nitrogen and oxygen atoms in total. The molecule has 0 bridgehead atoms. The zero-order valence-corrected chi connectivity index (χ0v) is 20.6. The summed E-state index contributed by atoms with van der Waals surface area (Å²) >= 11 is 0. The van der Waals surface area contributed by atoms with Gasteiger partial charge in [0.15, 0.2) is 0 Å². The van der Waals surface area contributed by atoms with Crippen molar-refractivity contribution in [1.82, 2.24) is 9.55 Å². The maximum Gasteiger partial charge on any atom is 0.330 e. The second-order valence-corrected chi connectivity index (χ2v) is 9.03. The van der Waals surface area contributed by atoms with Gasteiger partial charge in [-0.1, -0.05) is 72.8 Å². The van der Waals surface area contributed by atoms with E-state index in [9.17, 15) is 19.1 Å². The standard InChI is InChI=1S/C29H27FN2O6/c1-36-22-14-12-21(13-15-22)29(19-8-4-2-5-9-19,20-10-6-3-7-11-20)37-18-25-24(33)16-26(38-25)32-17-23(30)27(34)31-28(32)35/h2-15,17,24-26,33H,16,18H2,1H3,(H,31,34,35)/t24-,25+,26+/m0/s1. The summed E-state index contributed by atoms with van der Waals surface area (Å²) in [6.07, 6.45) is -1.99. The first-order valence-electron chi connectivity index (χ1n) is 12.2. The molecule has 4 aromatic rings. The first kappa shape index (κ1) is 25.6. The summed E-state index contributed by atoms with van der Waals surface area (Å²) < 4.78 is 32.8. The number of aromatic amines is 1. The van der Waals surface area contributed by atoms with Crippen LogP contribution in [0.5, 0.6) is 5.75 Å². The Morgan fingerprint density at radius 1 is 0.974 bits per heavy atom. The second kappa shape index (κ2) is 10.7. The highest BCUT2D eigenvalue weighted by Gasteiger charge is 2.42. The molecule has 1 aromatic heterocycles. The summed E-state index contributed by atoms with van der Waals surface area (Å²) in [5.41, 5.74) is -0.454. The van der Waals surface area contributed by atoms with E-state index in [1.807, 2.05) is 89.9 Å². The van der Waals surface area contributed by atoms with Crippen LogP contribution in [-0.4, -0.2) is 40.6 Å². The largest absolute Gasteiger partial charge is 0.497 e. The van der Waals surface area contributed by atoms with Crippen LogP contribution in [-0.2, 0) is 15.1 Å². The van der Waals surface area contributed by atoms with Gasteiger partial charge in [0, 0.05) is 6.42 Å². The predicted molar refractivity (Wildman–Crippen MR) is 138 cm³/mol. The Balaban J connectivity index is 1.52. The molecule has 0 aliphatic carbocycles. The fraction of sp³-hybridized carbons (Fsp3) is 0.241. The number of H-pyrrole nitrogens is 1. The topological polar surface area (TPSA) is 103 Å². The number of nitrogens with zero attached hydrogens (tertiary/aromatic N) is 1. The molecule has 196 valence electrons. The number of aliphatic hydroxyl groups is 1. The number of aromatic nitrogens is 2. The Hall–Kier alpha value is -4.05. The SMILES string of the molecule is COc1ccc(C(OC[C@H]2O[C@@H](n3cc(F)c(=O)[nH]c3=O)C[C@@H]2O)(c2ccccc2)c2ccccc2)cc1. The third-order valence-corrected chi connectivity index (χ3v) is 6.76. The van der Waals surface area contributed by atoms with Crippen LogP contribution in [0.3, 0.4) is 0 Å². The molecule has 2 heterocycles. The molecule has 0 saturated carbocycles. The lowest BCUT2D eigenvalue weighted by Gasteiger charge is -2.37. The molecule has 38 heavy (non-hydrogen) atoms. The maximum absolute atomic E-state index is 13.9. The lowest BCUT2D eigenvalue weighted by Crippen LogP contribution is -2.38. The Morgan fingerprint density at radius 2 is 1.55 bits per heavy atom. The van der Waals surface area contributed by atoms with Crippen molar-refractivity contribution in [1.29, 1.82) is 0 Å². The van der Waals surface area contributed by atoms with Crippen LogP contribution in [0, 0.1) is 5.82 Å². The minimum absolute atomic E-state index is 0.0195. The number of benzene rings is 3. The van der Waals surface area contributed by atoms with E-state index in [1.54, 1.807) is 7.11 Å². The Bertz CT molecular complexity index is 1450. The van der Waals surface area contributed by atoms with Gasteiger partial charge in [-0.05, 0) is 28.8 Å². The Kier molecular flexibility index (Phi) is 7.24.